The summed E-state index contributed by atoms with van der Waals surface area (Å²) in [4.78, 5) is 14.3. The van der Waals surface area contributed by atoms with Gasteiger partial charge in [0, 0.05) is 19.0 Å². The minimum Gasteiger partial charge on any atom is -0.343 e. The van der Waals surface area contributed by atoms with E-state index in [1.807, 2.05) is 11.8 Å². The van der Waals surface area contributed by atoms with Gasteiger partial charge in [0.2, 0.25) is 5.91 Å². The number of rotatable bonds is 6. The summed E-state index contributed by atoms with van der Waals surface area (Å²) >= 11 is 0. The van der Waals surface area contributed by atoms with Crippen molar-refractivity contribution in [1.29, 1.82) is 0 Å². The number of carbonyl (C=O) groups is 1. The molecule has 5 heteroatoms. The van der Waals surface area contributed by atoms with E-state index in [1.54, 1.807) is 0 Å². The third-order valence-corrected chi connectivity index (χ3v) is 4.25. The SMILES string of the molecule is CCCCN(CC)C(=O)C1CC1c1ccc(C(F)(F)F)cc1. The van der Waals surface area contributed by atoms with Crippen LogP contribution in [0.2, 0.25) is 0 Å². The normalized spacial score (nSPS) is 20.8. The zero-order valence-corrected chi connectivity index (χ0v) is 13.0. The van der Waals surface area contributed by atoms with Gasteiger partial charge in [-0.05, 0) is 43.4 Å². The molecule has 1 aromatic carbocycles. The van der Waals surface area contributed by atoms with Crippen LogP contribution in [0.5, 0.6) is 0 Å². The van der Waals surface area contributed by atoms with Crippen LogP contribution in [0, 0.1) is 5.92 Å². The molecule has 2 unspecified atom stereocenters. The molecule has 2 atom stereocenters. The van der Waals surface area contributed by atoms with Gasteiger partial charge in [0.25, 0.3) is 0 Å². The van der Waals surface area contributed by atoms with Gasteiger partial charge in [-0.3, -0.25) is 4.79 Å². The molecule has 2 rings (SSSR count). The van der Waals surface area contributed by atoms with Gasteiger partial charge in [0.15, 0.2) is 0 Å². The molecule has 0 heterocycles. The summed E-state index contributed by atoms with van der Waals surface area (Å²) < 4.78 is 37.7. The number of nitrogens with zero attached hydrogens (tertiary/aromatic N) is 1. The first-order valence-electron chi connectivity index (χ1n) is 7.84. The number of carbonyl (C=O) groups excluding carboxylic acids is 1. The molecule has 1 fully saturated rings. The number of alkyl halides is 3. The molecule has 0 N–H and O–H groups in total. The maximum absolute atomic E-state index is 12.6. The zero-order valence-electron chi connectivity index (χ0n) is 13.0. The van der Waals surface area contributed by atoms with Crippen molar-refractivity contribution in [2.75, 3.05) is 13.1 Å². The molecule has 1 amide bonds. The van der Waals surface area contributed by atoms with Gasteiger partial charge in [0.05, 0.1) is 5.56 Å². The second-order valence-electron chi connectivity index (χ2n) is 5.84. The molecular formula is C17H22F3NO. The highest BCUT2D eigenvalue weighted by atomic mass is 19.4. The van der Waals surface area contributed by atoms with Gasteiger partial charge in [0.1, 0.15) is 0 Å². The van der Waals surface area contributed by atoms with Gasteiger partial charge < -0.3 is 4.90 Å². The van der Waals surface area contributed by atoms with Crippen molar-refractivity contribution in [3.05, 3.63) is 35.4 Å². The zero-order chi connectivity index (χ0) is 16.3. The predicted octanol–water partition coefficient (Wildman–Crippen LogP) is 4.46. The van der Waals surface area contributed by atoms with E-state index in [0.29, 0.717) is 6.54 Å². The summed E-state index contributed by atoms with van der Waals surface area (Å²) in [7, 11) is 0. The van der Waals surface area contributed by atoms with E-state index in [-0.39, 0.29) is 17.7 Å². The fraction of sp³-hybridized carbons (Fsp3) is 0.588. The van der Waals surface area contributed by atoms with E-state index in [9.17, 15) is 18.0 Å². The highest BCUT2D eigenvalue weighted by Crippen LogP contribution is 2.48. The van der Waals surface area contributed by atoms with Crippen LogP contribution in [0.1, 0.15) is 50.2 Å². The van der Waals surface area contributed by atoms with Crippen LogP contribution in [0.3, 0.4) is 0 Å². The van der Waals surface area contributed by atoms with E-state index in [2.05, 4.69) is 6.92 Å². The highest BCUT2D eigenvalue weighted by molar-refractivity contribution is 5.83. The molecule has 1 aliphatic rings. The second-order valence-corrected chi connectivity index (χ2v) is 5.84. The molecule has 0 saturated heterocycles. The summed E-state index contributed by atoms with van der Waals surface area (Å²) in [6, 6.07) is 5.21. The molecule has 122 valence electrons. The summed E-state index contributed by atoms with van der Waals surface area (Å²) in [5, 5.41) is 0. The summed E-state index contributed by atoms with van der Waals surface area (Å²) in [5.41, 5.74) is 0.191. The molecule has 0 spiro atoms. The second kappa shape index (κ2) is 6.71. The lowest BCUT2D eigenvalue weighted by Gasteiger charge is -2.20. The van der Waals surface area contributed by atoms with Crippen LogP contribution in [-0.2, 0) is 11.0 Å². The average Bonchev–Trinajstić information content (AvgIpc) is 3.27. The Balaban J connectivity index is 1.98. The Kier molecular flexibility index (Phi) is 5.14. The molecule has 22 heavy (non-hydrogen) atoms. The number of hydrogen-bond acceptors (Lipinski definition) is 1. The van der Waals surface area contributed by atoms with E-state index in [4.69, 9.17) is 0 Å². The Morgan fingerprint density at radius 1 is 1.23 bits per heavy atom. The van der Waals surface area contributed by atoms with Crippen molar-refractivity contribution in [3.8, 4) is 0 Å². The van der Waals surface area contributed by atoms with Gasteiger partial charge >= 0.3 is 6.18 Å². The van der Waals surface area contributed by atoms with E-state index in [1.165, 1.54) is 12.1 Å². The first kappa shape index (κ1) is 16.8. The number of amides is 1. The predicted molar refractivity (Wildman–Crippen MR) is 79.5 cm³/mol. The Labute approximate surface area is 129 Å². The van der Waals surface area contributed by atoms with Crippen LogP contribution < -0.4 is 0 Å². The molecule has 2 nitrogen and oxygen atoms in total. The minimum atomic E-state index is -4.31. The Morgan fingerprint density at radius 2 is 1.86 bits per heavy atom. The van der Waals surface area contributed by atoms with Crippen molar-refractivity contribution in [3.63, 3.8) is 0 Å². The number of hydrogen-bond donors (Lipinski definition) is 0. The van der Waals surface area contributed by atoms with Gasteiger partial charge in [-0.25, -0.2) is 0 Å². The average molecular weight is 313 g/mol. The molecule has 0 radical (unpaired) electrons. The van der Waals surface area contributed by atoms with Crippen molar-refractivity contribution in [2.45, 2.75) is 45.2 Å². The lowest BCUT2D eigenvalue weighted by molar-refractivity contribution is -0.137. The van der Waals surface area contributed by atoms with Crippen LogP contribution >= 0.6 is 0 Å². The van der Waals surface area contributed by atoms with Gasteiger partial charge in [-0.15, -0.1) is 0 Å². The van der Waals surface area contributed by atoms with Crippen molar-refractivity contribution < 1.29 is 18.0 Å². The van der Waals surface area contributed by atoms with Crippen LogP contribution in [0.4, 0.5) is 13.2 Å². The quantitative estimate of drug-likeness (QED) is 0.759. The monoisotopic (exact) mass is 313 g/mol. The fourth-order valence-corrected chi connectivity index (χ4v) is 2.76. The minimum absolute atomic E-state index is 0.0615. The number of benzene rings is 1. The molecule has 1 saturated carbocycles. The van der Waals surface area contributed by atoms with Gasteiger partial charge in [-0.2, -0.15) is 13.2 Å². The smallest absolute Gasteiger partial charge is 0.343 e. The third-order valence-electron chi connectivity index (χ3n) is 4.25. The summed E-state index contributed by atoms with van der Waals surface area (Å²) in [5.74, 6) is 0.153. The molecule has 0 aromatic heterocycles. The Bertz CT molecular complexity index is 510. The summed E-state index contributed by atoms with van der Waals surface area (Å²) in [6.45, 7) is 5.50. The molecular weight excluding hydrogens is 291 g/mol. The number of halogens is 3. The number of unbranched alkanes of at least 4 members (excludes halogenated alkanes) is 1. The van der Waals surface area contributed by atoms with E-state index >= 15 is 0 Å². The standard InChI is InChI=1S/C17H22F3NO/c1-3-5-10-21(4-2)16(22)15-11-14(15)12-6-8-13(9-7-12)17(18,19)20/h6-9,14-15H,3-5,10-11H2,1-2H3. The maximum atomic E-state index is 12.6. The highest BCUT2D eigenvalue weighted by Gasteiger charge is 2.45. The van der Waals surface area contributed by atoms with Crippen LogP contribution in [0.15, 0.2) is 24.3 Å². The van der Waals surface area contributed by atoms with E-state index < -0.39 is 11.7 Å². The molecule has 1 aliphatic carbocycles. The van der Waals surface area contributed by atoms with Crippen molar-refractivity contribution >= 4 is 5.91 Å². The Hall–Kier alpha value is -1.52. The van der Waals surface area contributed by atoms with Gasteiger partial charge in [-0.1, -0.05) is 25.5 Å². The molecule has 1 aromatic rings. The van der Waals surface area contributed by atoms with Crippen molar-refractivity contribution in [1.82, 2.24) is 4.90 Å². The lowest BCUT2D eigenvalue weighted by atomic mass is 10.1. The lowest BCUT2D eigenvalue weighted by Crippen LogP contribution is -2.33. The Morgan fingerprint density at radius 3 is 2.36 bits per heavy atom. The topological polar surface area (TPSA) is 20.3 Å². The maximum Gasteiger partial charge on any atom is 0.416 e. The van der Waals surface area contributed by atoms with Crippen molar-refractivity contribution in [2.24, 2.45) is 5.92 Å². The largest absolute Gasteiger partial charge is 0.416 e. The third kappa shape index (κ3) is 3.81. The molecule has 0 aliphatic heterocycles. The first-order chi connectivity index (χ1) is 10.4. The van der Waals surface area contributed by atoms with E-state index in [0.717, 1.165) is 43.5 Å². The first-order valence-corrected chi connectivity index (χ1v) is 7.84. The summed E-state index contributed by atoms with van der Waals surface area (Å²) in [6.07, 6.45) is -1.54. The molecule has 0 bridgehead atoms. The van der Waals surface area contributed by atoms with Crippen LogP contribution in [0.25, 0.3) is 0 Å². The van der Waals surface area contributed by atoms with Crippen LogP contribution in [-0.4, -0.2) is 23.9 Å². The fourth-order valence-electron chi connectivity index (χ4n) is 2.76.